The highest BCUT2D eigenvalue weighted by Crippen LogP contribution is 2.23. The van der Waals surface area contributed by atoms with Crippen LogP contribution in [0.5, 0.6) is 5.75 Å². The number of aliphatic carboxylic acids is 1. The van der Waals surface area contributed by atoms with Crippen molar-refractivity contribution >= 4 is 29.5 Å². The van der Waals surface area contributed by atoms with Crippen LogP contribution in [0.15, 0.2) is 36.8 Å². The molecule has 0 bridgehead atoms. The molecule has 1 aliphatic heterocycles. The van der Waals surface area contributed by atoms with Crippen molar-refractivity contribution in [2.45, 2.75) is 50.7 Å². The van der Waals surface area contributed by atoms with Gasteiger partial charge in [-0.2, -0.15) is 11.8 Å². The summed E-state index contributed by atoms with van der Waals surface area (Å²) in [5.74, 6) is 0.0545. The van der Waals surface area contributed by atoms with E-state index in [0.717, 1.165) is 29.8 Å². The normalized spacial score (nSPS) is 16.1. The van der Waals surface area contributed by atoms with Crippen molar-refractivity contribution in [3.8, 4) is 5.75 Å². The molecule has 2 atom stereocenters. The lowest BCUT2D eigenvalue weighted by molar-refractivity contribution is -0.142. The molecule has 0 saturated carbocycles. The molecule has 3 N–H and O–H groups in total. The van der Waals surface area contributed by atoms with Gasteiger partial charge in [-0.25, -0.2) is 9.78 Å². The molecule has 0 spiro atoms. The van der Waals surface area contributed by atoms with Gasteiger partial charge >= 0.3 is 5.97 Å². The first kappa shape index (κ1) is 28.5. The first-order valence-electron chi connectivity index (χ1n) is 12.5. The van der Waals surface area contributed by atoms with Crippen LogP contribution in [0.25, 0.3) is 0 Å². The second-order valence-corrected chi connectivity index (χ2v) is 10.2. The average molecular weight is 532 g/mol. The molecule has 2 aromatic rings. The molecule has 0 radical (unpaired) electrons. The number of thioether (sulfide) groups is 1. The summed E-state index contributed by atoms with van der Waals surface area (Å²) >= 11 is 1.54. The zero-order chi connectivity index (χ0) is 26.6. The second-order valence-electron chi connectivity index (χ2n) is 9.18. The summed E-state index contributed by atoms with van der Waals surface area (Å²) in [6.45, 7) is 1.65. The highest BCUT2D eigenvalue weighted by atomic mass is 32.2. The Kier molecular flexibility index (Phi) is 11.3. The topological polar surface area (TPSA) is 128 Å². The lowest BCUT2D eigenvalue weighted by Crippen LogP contribution is -2.49. The van der Waals surface area contributed by atoms with Crippen molar-refractivity contribution in [1.29, 1.82) is 0 Å². The number of para-hydroxylation sites is 1. The largest absolute Gasteiger partial charge is 0.496 e. The Balaban J connectivity index is 1.69. The number of aromatic amines is 1. The number of nitrogens with zero attached hydrogens (tertiary/aromatic N) is 3. The minimum Gasteiger partial charge on any atom is -0.496 e. The van der Waals surface area contributed by atoms with Crippen LogP contribution in [-0.4, -0.2) is 93.5 Å². The minimum absolute atomic E-state index is 0.0216. The van der Waals surface area contributed by atoms with Gasteiger partial charge in [-0.3, -0.25) is 14.5 Å². The first-order chi connectivity index (χ1) is 17.9. The van der Waals surface area contributed by atoms with Gasteiger partial charge in [0, 0.05) is 49.6 Å². The number of benzene rings is 1. The van der Waals surface area contributed by atoms with Crippen molar-refractivity contribution < 1.29 is 24.2 Å². The zero-order valence-electron chi connectivity index (χ0n) is 21.5. The molecule has 3 rings (SSSR count). The molecular formula is C26H37N5O5S. The summed E-state index contributed by atoms with van der Waals surface area (Å²) in [6, 6.07) is 6.67. The summed E-state index contributed by atoms with van der Waals surface area (Å²) in [7, 11) is 1.61. The van der Waals surface area contributed by atoms with Gasteiger partial charge in [0.15, 0.2) is 0 Å². The molecule has 1 unspecified atom stereocenters. The third kappa shape index (κ3) is 8.78. The SMILES string of the molecule is COc1ccccc1CN(CC(=O)NC(CCSC)C(=O)O)C[C@@H]1CCCN1C(=O)CCc1cnc[nH]1. The van der Waals surface area contributed by atoms with E-state index in [1.165, 1.54) is 11.8 Å². The van der Waals surface area contributed by atoms with E-state index in [9.17, 15) is 19.5 Å². The van der Waals surface area contributed by atoms with Crippen molar-refractivity contribution in [2.75, 3.05) is 38.8 Å². The maximum Gasteiger partial charge on any atom is 0.326 e. The molecule has 1 fully saturated rings. The van der Waals surface area contributed by atoms with E-state index < -0.39 is 12.0 Å². The summed E-state index contributed by atoms with van der Waals surface area (Å²) in [5.41, 5.74) is 1.85. The first-order valence-corrected chi connectivity index (χ1v) is 13.9. The van der Waals surface area contributed by atoms with Crippen LogP contribution in [0.3, 0.4) is 0 Å². The highest BCUT2D eigenvalue weighted by molar-refractivity contribution is 7.98. The van der Waals surface area contributed by atoms with Crippen molar-refractivity contribution in [3.05, 3.63) is 48.0 Å². The summed E-state index contributed by atoms with van der Waals surface area (Å²) in [5, 5.41) is 12.2. The number of hydrogen-bond acceptors (Lipinski definition) is 7. The molecule has 2 heterocycles. The number of H-pyrrole nitrogens is 1. The molecule has 37 heavy (non-hydrogen) atoms. The minimum atomic E-state index is -1.04. The van der Waals surface area contributed by atoms with E-state index >= 15 is 0 Å². The van der Waals surface area contributed by atoms with Crippen molar-refractivity contribution in [3.63, 3.8) is 0 Å². The fourth-order valence-electron chi connectivity index (χ4n) is 4.65. The smallest absolute Gasteiger partial charge is 0.326 e. The zero-order valence-corrected chi connectivity index (χ0v) is 22.3. The monoisotopic (exact) mass is 531 g/mol. The van der Waals surface area contributed by atoms with E-state index in [1.807, 2.05) is 40.3 Å². The number of amides is 2. The number of aromatic nitrogens is 2. The molecule has 1 saturated heterocycles. The molecule has 10 nitrogen and oxygen atoms in total. The van der Waals surface area contributed by atoms with Crippen LogP contribution < -0.4 is 10.1 Å². The molecule has 1 aliphatic rings. The van der Waals surface area contributed by atoms with Gasteiger partial charge in [0.05, 0.1) is 20.0 Å². The van der Waals surface area contributed by atoms with Crippen LogP contribution in [-0.2, 0) is 27.3 Å². The number of hydrogen-bond donors (Lipinski definition) is 3. The molecule has 1 aromatic carbocycles. The van der Waals surface area contributed by atoms with E-state index in [4.69, 9.17) is 4.74 Å². The molecule has 1 aromatic heterocycles. The number of imidazole rings is 1. The van der Waals surface area contributed by atoms with Crippen molar-refractivity contribution in [2.24, 2.45) is 0 Å². The number of likely N-dealkylation sites (tertiary alicyclic amines) is 1. The number of rotatable bonds is 15. The van der Waals surface area contributed by atoms with E-state index in [-0.39, 0.29) is 24.4 Å². The highest BCUT2D eigenvalue weighted by Gasteiger charge is 2.31. The third-order valence-corrected chi connectivity index (χ3v) is 7.17. The Morgan fingerprint density at radius 1 is 1.35 bits per heavy atom. The quantitative estimate of drug-likeness (QED) is 0.319. The number of aryl methyl sites for hydroxylation is 1. The van der Waals surface area contributed by atoms with Gasteiger partial charge in [0.1, 0.15) is 11.8 Å². The van der Waals surface area contributed by atoms with Gasteiger partial charge in [-0.05, 0) is 43.8 Å². The number of carboxylic acids is 1. The summed E-state index contributed by atoms with van der Waals surface area (Å²) in [6.07, 6.45) is 8.34. The number of nitrogens with one attached hydrogen (secondary N) is 2. The maximum absolute atomic E-state index is 13.0. The van der Waals surface area contributed by atoms with Crippen LogP contribution >= 0.6 is 11.8 Å². The summed E-state index contributed by atoms with van der Waals surface area (Å²) < 4.78 is 5.51. The van der Waals surface area contributed by atoms with Crippen LogP contribution in [0.4, 0.5) is 0 Å². The molecule has 202 valence electrons. The second kappa shape index (κ2) is 14.6. The standard InChI is InChI=1S/C26H37N5O5S/c1-36-23-8-4-3-6-19(23)15-30(17-24(32)29-22(26(34)35)11-13-37-2)16-21-7-5-12-31(21)25(33)10-9-20-14-27-18-28-20/h3-4,6,8,14,18,21-22H,5,7,9-13,15-17H2,1-2H3,(H,27,28)(H,29,32)(H,34,35)/t21-,22?/m0/s1. The van der Waals surface area contributed by atoms with E-state index in [2.05, 4.69) is 15.3 Å². The lowest BCUT2D eigenvalue weighted by atomic mass is 10.1. The summed E-state index contributed by atoms with van der Waals surface area (Å²) in [4.78, 5) is 48.6. The predicted molar refractivity (Wildman–Crippen MR) is 142 cm³/mol. The van der Waals surface area contributed by atoms with Gasteiger partial charge < -0.3 is 25.0 Å². The Morgan fingerprint density at radius 2 is 2.16 bits per heavy atom. The fourth-order valence-corrected chi connectivity index (χ4v) is 5.13. The molecule has 2 amide bonds. The Labute approximate surface area is 222 Å². The Morgan fingerprint density at radius 3 is 2.86 bits per heavy atom. The molecule has 0 aliphatic carbocycles. The predicted octanol–water partition coefficient (Wildman–Crippen LogP) is 2.17. The van der Waals surface area contributed by atoms with Gasteiger partial charge in [0.25, 0.3) is 0 Å². The number of methoxy groups -OCH3 is 1. The number of carbonyl (C=O) groups excluding carboxylic acids is 2. The number of carbonyl (C=O) groups is 3. The number of ether oxygens (including phenoxy) is 1. The Hall–Kier alpha value is -3.05. The Bertz CT molecular complexity index is 1020. The van der Waals surface area contributed by atoms with E-state index in [1.54, 1.807) is 19.6 Å². The van der Waals surface area contributed by atoms with Crippen LogP contribution in [0.1, 0.15) is 36.9 Å². The molecule has 11 heteroatoms. The average Bonchev–Trinajstić information content (AvgIpc) is 3.57. The third-order valence-electron chi connectivity index (χ3n) is 6.53. The van der Waals surface area contributed by atoms with E-state index in [0.29, 0.717) is 44.6 Å². The maximum atomic E-state index is 13.0. The van der Waals surface area contributed by atoms with Crippen LogP contribution in [0, 0.1) is 0 Å². The molecular weight excluding hydrogens is 494 g/mol. The van der Waals surface area contributed by atoms with Gasteiger partial charge in [0.2, 0.25) is 11.8 Å². The van der Waals surface area contributed by atoms with Gasteiger partial charge in [-0.15, -0.1) is 0 Å². The number of carboxylic acid groups (broad SMARTS) is 1. The lowest BCUT2D eigenvalue weighted by Gasteiger charge is -2.31. The van der Waals surface area contributed by atoms with Crippen molar-refractivity contribution in [1.82, 2.24) is 25.1 Å². The van der Waals surface area contributed by atoms with Crippen LogP contribution in [0.2, 0.25) is 0 Å². The van der Waals surface area contributed by atoms with Gasteiger partial charge in [-0.1, -0.05) is 18.2 Å². The fraction of sp³-hybridized carbons (Fsp3) is 0.538.